The highest BCUT2D eigenvalue weighted by molar-refractivity contribution is 7.22. The molecule has 1 N–H and O–H groups in total. The smallest absolute Gasteiger partial charge is 0.291 e. The lowest BCUT2D eigenvalue weighted by atomic mass is 10.1. The molecule has 9 heteroatoms. The Labute approximate surface area is 171 Å². The average Bonchev–Trinajstić information content (AvgIpc) is 3.13. The van der Waals surface area contributed by atoms with Gasteiger partial charge in [0.05, 0.1) is 4.34 Å². The second kappa shape index (κ2) is 7.50. The highest BCUT2D eigenvalue weighted by atomic mass is 35.5. The minimum atomic E-state index is -0.264. The number of nitrogens with zero attached hydrogens (tertiary/aromatic N) is 4. The van der Waals surface area contributed by atoms with E-state index in [-0.39, 0.29) is 30.0 Å². The van der Waals surface area contributed by atoms with Crippen molar-refractivity contribution in [2.45, 2.75) is 45.2 Å². The van der Waals surface area contributed by atoms with E-state index in [9.17, 15) is 9.59 Å². The van der Waals surface area contributed by atoms with Gasteiger partial charge in [-0.05, 0) is 38.6 Å². The number of carbonyl (C=O) groups is 1. The van der Waals surface area contributed by atoms with Crippen molar-refractivity contribution in [2.75, 3.05) is 20.1 Å². The zero-order chi connectivity index (χ0) is 20.0. The molecule has 0 saturated carbocycles. The predicted octanol–water partition coefficient (Wildman–Crippen LogP) is 2.70. The van der Waals surface area contributed by atoms with Crippen LogP contribution in [0.15, 0.2) is 16.9 Å². The number of likely N-dealkylation sites (tertiary alicyclic amines) is 1. The first-order valence-electron chi connectivity index (χ1n) is 9.53. The molecule has 28 heavy (non-hydrogen) atoms. The Hall–Kier alpha value is -1.90. The summed E-state index contributed by atoms with van der Waals surface area (Å²) in [5.74, 6) is 0.652. The zero-order valence-electron chi connectivity index (χ0n) is 16.2. The van der Waals surface area contributed by atoms with E-state index in [4.69, 9.17) is 11.6 Å². The number of hydrogen-bond donors (Lipinski definition) is 1. The molecule has 1 amide bonds. The van der Waals surface area contributed by atoms with Crippen molar-refractivity contribution in [2.24, 2.45) is 0 Å². The molecule has 0 aliphatic carbocycles. The third-order valence-electron chi connectivity index (χ3n) is 5.15. The molecular formula is C19H24ClN5O2S. The van der Waals surface area contributed by atoms with Crippen LogP contribution in [-0.4, -0.2) is 51.2 Å². The number of likely N-dealkylation sites (N-methyl/N-ethyl adjacent to an activating group) is 1. The molecule has 7 nitrogen and oxygen atoms in total. The first-order valence-corrected chi connectivity index (χ1v) is 10.7. The van der Waals surface area contributed by atoms with Gasteiger partial charge in [0.2, 0.25) is 5.91 Å². The van der Waals surface area contributed by atoms with Gasteiger partial charge in [-0.3, -0.25) is 14.0 Å². The van der Waals surface area contributed by atoms with Crippen LogP contribution in [0.3, 0.4) is 0 Å². The number of rotatable bonds is 4. The van der Waals surface area contributed by atoms with Gasteiger partial charge in [-0.1, -0.05) is 25.4 Å². The van der Waals surface area contributed by atoms with Crippen LogP contribution in [0.1, 0.15) is 38.4 Å². The fourth-order valence-corrected chi connectivity index (χ4v) is 5.10. The lowest BCUT2D eigenvalue weighted by molar-refractivity contribution is -0.123. The Balaban J connectivity index is 1.68. The lowest BCUT2D eigenvalue weighted by Gasteiger charge is -2.30. The summed E-state index contributed by atoms with van der Waals surface area (Å²) in [6.07, 6.45) is 2.02. The van der Waals surface area contributed by atoms with Crippen molar-refractivity contribution in [1.82, 2.24) is 24.4 Å². The number of nitrogens with one attached hydrogen (secondary N) is 1. The van der Waals surface area contributed by atoms with Gasteiger partial charge in [0, 0.05) is 23.9 Å². The molecule has 1 saturated heterocycles. The molecular weight excluding hydrogens is 398 g/mol. The predicted molar refractivity (Wildman–Crippen MR) is 113 cm³/mol. The number of fused-ring (bicyclic) bond motifs is 3. The molecule has 3 aromatic rings. The molecule has 0 radical (unpaired) electrons. The zero-order valence-corrected chi connectivity index (χ0v) is 17.8. The molecule has 1 aliphatic rings. The molecule has 0 unspecified atom stereocenters. The van der Waals surface area contributed by atoms with Crippen molar-refractivity contribution in [3.05, 3.63) is 32.6 Å². The highest BCUT2D eigenvalue weighted by Crippen LogP contribution is 2.32. The molecule has 0 aromatic carbocycles. The standard InChI is InChI=1S/C19H24ClN5O2S/c1-11(2)17-22-24(10-16(26)21-13-5-4-6-23(3)9-13)18(27)14-7-12-8-15(20)28-19(12)25(14)17/h7-8,11,13H,4-6,9-10H2,1-3H3,(H,21,26)/t13-/m1/s1. The molecule has 4 rings (SSSR count). The summed E-state index contributed by atoms with van der Waals surface area (Å²) in [5, 5.41) is 8.51. The van der Waals surface area contributed by atoms with E-state index in [1.165, 1.54) is 16.0 Å². The van der Waals surface area contributed by atoms with E-state index in [1.54, 1.807) is 0 Å². The van der Waals surface area contributed by atoms with Gasteiger partial charge in [0.15, 0.2) is 0 Å². The number of piperidine rings is 1. The fourth-order valence-electron chi connectivity index (χ4n) is 3.87. The monoisotopic (exact) mass is 421 g/mol. The van der Waals surface area contributed by atoms with Crippen LogP contribution >= 0.6 is 22.9 Å². The minimum absolute atomic E-state index is 0.0746. The van der Waals surface area contributed by atoms with Gasteiger partial charge < -0.3 is 10.2 Å². The first kappa shape index (κ1) is 19.4. The van der Waals surface area contributed by atoms with Crippen molar-refractivity contribution in [3.8, 4) is 0 Å². The third-order valence-corrected chi connectivity index (χ3v) is 6.42. The second-order valence-corrected chi connectivity index (χ2v) is 9.48. The van der Waals surface area contributed by atoms with Gasteiger partial charge in [0.25, 0.3) is 5.56 Å². The molecule has 1 aliphatic heterocycles. The summed E-state index contributed by atoms with van der Waals surface area (Å²) < 4.78 is 3.84. The number of carbonyl (C=O) groups excluding carboxylic acids is 1. The Morgan fingerprint density at radius 2 is 2.21 bits per heavy atom. The van der Waals surface area contributed by atoms with Crippen molar-refractivity contribution in [3.63, 3.8) is 0 Å². The highest BCUT2D eigenvalue weighted by Gasteiger charge is 2.22. The summed E-state index contributed by atoms with van der Waals surface area (Å²) >= 11 is 7.57. The second-order valence-electron chi connectivity index (χ2n) is 7.82. The summed E-state index contributed by atoms with van der Waals surface area (Å²) in [5.41, 5.74) is 0.265. The van der Waals surface area contributed by atoms with Gasteiger partial charge in [0.1, 0.15) is 22.7 Å². The molecule has 3 aromatic heterocycles. The molecule has 1 fully saturated rings. The van der Waals surface area contributed by atoms with Crippen molar-refractivity contribution < 1.29 is 4.79 Å². The van der Waals surface area contributed by atoms with E-state index in [0.717, 1.165) is 42.0 Å². The number of amides is 1. The number of halogens is 1. The number of hydrogen-bond acceptors (Lipinski definition) is 5. The van der Waals surface area contributed by atoms with E-state index < -0.39 is 0 Å². The van der Waals surface area contributed by atoms with Crippen LogP contribution in [0.2, 0.25) is 4.34 Å². The molecule has 0 bridgehead atoms. The average molecular weight is 422 g/mol. The van der Waals surface area contributed by atoms with Crippen LogP contribution < -0.4 is 10.9 Å². The summed E-state index contributed by atoms with van der Waals surface area (Å²) in [6, 6.07) is 3.81. The number of thiophene rings is 1. The first-order chi connectivity index (χ1) is 13.3. The fraction of sp³-hybridized carbons (Fsp3) is 0.526. The van der Waals surface area contributed by atoms with E-state index in [1.807, 2.05) is 30.4 Å². The quantitative estimate of drug-likeness (QED) is 0.703. The molecule has 150 valence electrons. The molecule has 0 spiro atoms. The van der Waals surface area contributed by atoms with E-state index in [0.29, 0.717) is 9.85 Å². The Bertz CT molecular complexity index is 1100. The summed E-state index contributed by atoms with van der Waals surface area (Å²) in [4.78, 5) is 28.7. The van der Waals surface area contributed by atoms with Crippen LogP contribution in [-0.2, 0) is 11.3 Å². The maximum atomic E-state index is 13.0. The van der Waals surface area contributed by atoms with Crippen LogP contribution in [0.25, 0.3) is 15.7 Å². The van der Waals surface area contributed by atoms with Crippen LogP contribution in [0.4, 0.5) is 0 Å². The maximum absolute atomic E-state index is 13.0. The van der Waals surface area contributed by atoms with Crippen LogP contribution in [0, 0.1) is 0 Å². The van der Waals surface area contributed by atoms with E-state index >= 15 is 0 Å². The SMILES string of the molecule is CC(C)c1nn(CC(=O)N[C@@H]2CCCN(C)C2)c(=O)c2cc3cc(Cl)sc3n12. The topological polar surface area (TPSA) is 71.6 Å². The molecule has 1 atom stereocenters. The van der Waals surface area contributed by atoms with Gasteiger partial charge in [-0.25, -0.2) is 4.68 Å². The Morgan fingerprint density at radius 3 is 2.93 bits per heavy atom. The Kier molecular flexibility index (Phi) is 5.20. The van der Waals surface area contributed by atoms with Crippen molar-refractivity contribution >= 4 is 44.6 Å². The largest absolute Gasteiger partial charge is 0.350 e. The maximum Gasteiger partial charge on any atom is 0.291 e. The molecule has 4 heterocycles. The minimum Gasteiger partial charge on any atom is -0.350 e. The van der Waals surface area contributed by atoms with Gasteiger partial charge >= 0.3 is 0 Å². The Morgan fingerprint density at radius 1 is 1.43 bits per heavy atom. The van der Waals surface area contributed by atoms with Crippen LogP contribution in [0.5, 0.6) is 0 Å². The normalized spacial score (nSPS) is 18.4. The summed E-state index contributed by atoms with van der Waals surface area (Å²) in [7, 11) is 2.05. The van der Waals surface area contributed by atoms with E-state index in [2.05, 4.69) is 22.4 Å². The third kappa shape index (κ3) is 3.56. The van der Waals surface area contributed by atoms with Crippen molar-refractivity contribution in [1.29, 1.82) is 0 Å². The van der Waals surface area contributed by atoms with Gasteiger partial charge in [-0.2, -0.15) is 5.10 Å². The lowest BCUT2D eigenvalue weighted by Crippen LogP contribution is -2.48. The number of aromatic nitrogens is 3. The summed E-state index contributed by atoms with van der Waals surface area (Å²) in [6.45, 7) is 5.86. The van der Waals surface area contributed by atoms with Gasteiger partial charge in [-0.15, -0.1) is 11.3 Å².